The highest BCUT2D eigenvalue weighted by atomic mass is 19.1. The van der Waals surface area contributed by atoms with Crippen LogP contribution in [0.2, 0.25) is 0 Å². The Balaban J connectivity index is 1.63. The topological polar surface area (TPSA) is 53.6 Å². The highest BCUT2D eigenvalue weighted by Crippen LogP contribution is 2.24. The van der Waals surface area contributed by atoms with Gasteiger partial charge in [0.25, 0.3) is 0 Å². The van der Waals surface area contributed by atoms with Gasteiger partial charge >= 0.3 is 6.03 Å². The van der Waals surface area contributed by atoms with Crippen LogP contribution in [0.15, 0.2) is 48.5 Å². The summed E-state index contributed by atoms with van der Waals surface area (Å²) in [6, 6.07) is 14.2. The molecule has 0 aliphatic carbocycles. The minimum atomic E-state index is -0.528. The first-order valence-electron chi connectivity index (χ1n) is 9.35. The molecular formula is C21H26FN3O2. The summed E-state index contributed by atoms with van der Waals surface area (Å²) >= 11 is 0. The van der Waals surface area contributed by atoms with Crippen molar-refractivity contribution in [1.29, 1.82) is 0 Å². The van der Waals surface area contributed by atoms with Crippen LogP contribution >= 0.6 is 0 Å². The fourth-order valence-electron chi connectivity index (χ4n) is 3.44. The minimum Gasteiger partial charge on any atom is -0.497 e. The Morgan fingerprint density at radius 2 is 1.89 bits per heavy atom. The second kappa shape index (κ2) is 9.37. The summed E-state index contributed by atoms with van der Waals surface area (Å²) in [5.41, 5.74) is 1.30. The van der Waals surface area contributed by atoms with E-state index in [4.69, 9.17) is 4.74 Å². The van der Waals surface area contributed by atoms with E-state index in [1.54, 1.807) is 6.07 Å². The number of carbonyl (C=O) groups excluding carboxylic acids is 1. The number of hydrogen-bond acceptors (Lipinski definition) is 3. The number of methoxy groups -OCH3 is 1. The summed E-state index contributed by atoms with van der Waals surface area (Å²) in [6.45, 7) is 2.51. The zero-order valence-electron chi connectivity index (χ0n) is 15.6. The molecule has 1 atom stereocenters. The molecule has 2 amide bonds. The van der Waals surface area contributed by atoms with Crippen molar-refractivity contribution >= 4 is 11.7 Å². The first-order valence-corrected chi connectivity index (χ1v) is 9.35. The Bertz CT molecular complexity index is 748. The number of amides is 2. The maximum atomic E-state index is 14.0. The molecule has 1 saturated heterocycles. The molecule has 3 rings (SSSR count). The lowest BCUT2D eigenvalue weighted by molar-refractivity contribution is 0.161. The molecule has 1 aliphatic heterocycles. The fraction of sp³-hybridized carbons (Fsp3) is 0.381. The van der Waals surface area contributed by atoms with Gasteiger partial charge in [0.1, 0.15) is 11.6 Å². The van der Waals surface area contributed by atoms with Crippen molar-refractivity contribution in [3.05, 3.63) is 59.9 Å². The van der Waals surface area contributed by atoms with Crippen LogP contribution < -0.4 is 15.4 Å². The zero-order chi connectivity index (χ0) is 19.1. The third-order valence-electron chi connectivity index (χ3n) is 4.90. The SMILES string of the molecule is COc1ccc(NC(=O)NCC(c2ccccc2)N2CCCCC2)c(F)c1. The monoisotopic (exact) mass is 371 g/mol. The maximum absolute atomic E-state index is 14.0. The van der Waals surface area contributed by atoms with Crippen LogP contribution in [0.3, 0.4) is 0 Å². The van der Waals surface area contributed by atoms with Gasteiger partial charge < -0.3 is 15.4 Å². The summed E-state index contributed by atoms with van der Waals surface area (Å²) in [5.74, 6) is -0.118. The largest absolute Gasteiger partial charge is 0.497 e. The number of hydrogen-bond donors (Lipinski definition) is 2. The molecule has 0 aromatic heterocycles. The number of carbonyl (C=O) groups is 1. The summed E-state index contributed by atoms with van der Waals surface area (Å²) in [7, 11) is 1.47. The van der Waals surface area contributed by atoms with E-state index >= 15 is 0 Å². The Kier molecular flexibility index (Phi) is 6.65. The molecular weight excluding hydrogens is 345 g/mol. The summed E-state index contributed by atoms with van der Waals surface area (Å²) in [5, 5.41) is 5.47. The smallest absolute Gasteiger partial charge is 0.319 e. The average Bonchev–Trinajstić information content (AvgIpc) is 2.71. The van der Waals surface area contributed by atoms with E-state index < -0.39 is 11.8 Å². The van der Waals surface area contributed by atoms with Crippen molar-refractivity contribution < 1.29 is 13.9 Å². The second-order valence-electron chi connectivity index (χ2n) is 6.70. The number of nitrogens with one attached hydrogen (secondary N) is 2. The van der Waals surface area contributed by atoms with Gasteiger partial charge in [0.05, 0.1) is 18.8 Å². The summed E-state index contributed by atoms with van der Waals surface area (Å²) in [6.07, 6.45) is 3.60. The lowest BCUT2D eigenvalue weighted by atomic mass is 10.0. The molecule has 1 fully saturated rings. The molecule has 1 heterocycles. The highest BCUT2D eigenvalue weighted by Gasteiger charge is 2.22. The van der Waals surface area contributed by atoms with E-state index in [0.29, 0.717) is 12.3 Å². The van der Waals surface area contributed by atoms with Crippen molar-refractivity contribution in [1.82, 2.24) is 10.2 Å². The Hall–Kier alpha value is -2.60. The molecule has 0 saturated carbocycles. The second-order valence-corrected chi connectivity index (χ2v) is 6.70. The lowest BCUT2D eigenvalue weighted by Crippen LogP contribution is -2.41. The number of rotatable bonds is 6. The van der Waals surface area contributed by atoms with Gasteiger partial charge in [-0.2, -0.15) is 0 Å². The quantitative estimate of drug-likeness (QED) is 0.801. The van der Waals surface area contributed by atoms with Crippen LogP contribution in [0, 0.1) is 5.82 Å². The highest BCUT2D eigenvalue weighted by molar-refractivity contribution is 5.89. The Labute approximate surface area is 159 Å². The molecule has 27 heavy (non-hydrogen) atoms. The third-order valence-corrected chi connectivity index (χ3v) is 4.90. The van der Waals surface area contributed by atoms with Gasteiger partial charge in [0.2, 0.25) is 0 Å². The normalized spacial score (nSPS) is 15.8. The zero-order valence-corrected chi connectivity index (χ0v) is 15.6. The van der Waals surface area contributed by atoms with Gasteiger partial charge in [-0.05, 0) is 43.6 Å². The van der Waals surface area contributed by atoms with Gasteiger partial charge in [0.15, 0.2) is 0 Å². The molecule has 2 aromatic carbocycles. The number of benzene rings is 2. The average molecular weight is 371 g/mol. The number of anilines is 1. The van der Waals surface area contributed by atoms with Crippen LogP contribution in [0.1, 0.15) is 30.9 Å². The maximum Gasteiger partial charge on any atom is 0.319 e. The predicted octanol–water partition coefficient (Wildman–Crippen LogP) is 4.18. The third kappa shape index (κ3) is 5.20. The van der Waals surface area contributed by atoms with Gasteiger partial charge in [-0.1, -0.05) is 36.8 Å². The molecule has 5 nitrogen and oxygen atoms in total. The Morgan fingerprint density at radius 1 is 1.15 bits per heavy atom. The van der Waals surface area contributed by atoms with Crippen LogP contribution in [0.5, 0.6) is 5.75 Å². The van der Waals surface area contributed by atoms with E-state index in [1.165, 1.54) is 44.1 Å². The van der Waals surface area contributed by atoms with E-state index in [1.807, 2.05) is 18.2 Å². The first-order chi connectivity index (χ1) is 13.2. The van der Waals surface area contributed by atoms with Gasteiger partial charge in [-0.25, -0.2) is 9.18 Å². The van der Waals surface area contributed by atoms with Gasteiger partial charge in [-0.3, -0.25) is 4.90 Å². The molecule has 1 aliphatic rings. The van der Waals surface area contributed by atoms with E-state index in [0.717, 1.165) is 13.1 Å². The van der Waals surface area contributed by atoms with Crippen molar-refractivity contribution in [3.8, 4) is 5.75 Å². The molecule has 1 unspecified atom stereocenters. The number of urea groups is 1. The number of halogens is 1. The molecule has 2 N–H and O–H groups in total. The van der Waals surface area contributed by atoms with Crippen LogP contribution in [0.4, 0.5) is 14.9 Å². The van der Waals surface area contributed by atoms with Crippen molar-refractivity contribution in [2.75, 3.05) is 32.1 Å². The van der Waals surface area contributed by atoms with E-state index in [9.17, 15) is 9.18 Å². The van der Waals surface area contributed by atoms with E-state index in [2.05, 4.69) is 27.7 Å². The van der Waals surface area contributed by atoms with E-state index in [-0.39, 0.29) is 11.7 Å². The van der Waals surface area contributed by atoms with Crippen molar-refractivity contribution in [2.24, 2.45) is 0 Å². The minimum absolute atomic E-state index is 0.109. The number of piperidine rings is 1. The number of nitrogens with zero attached hydrogens (tertiary/aromatic N) is 1. The molecule has 144 valence electrons. The van der Waals surface area contributed by atoms with Crippen LogP contribution in [-0.4, -0.2) is 37.7 Å². The number of likely N-dealkylation sites (tertiary alicyclic amines) is 1. The number of ether oxygens (including phenoxy) is 1. The standard InChI is InChI=1S/C21H26FN3O2/c1-27-17-10-11-19(18(22)14-17)24-21(26)23-15-20(16-8-4-2-5-9-16)25-12-6-3-7-13-25/h2,4-5,8-11,14,20H,3,6-7,12-13,15H2,1H3,(H2,23,24,26). The van der Waals surface area contributed by atoms with Crippen LogP contribution in [-0.2, 0) is 0 Å². The molecule has 0 spiro atoms. The summed E-state index contributed by atoms with van der Waals surface area (Å²) in [4.78, 5) is 14.7. The predicted molar refractivity (Wildman–Crippen MR) is 105 cm³/mol. The lowest BCUT2D eigenvalue weighted by Gasteiger charge is -2.35. The summed E-state index contributed by atoms with van der Waals surface area (Å²) < 4.78 is 19.0. The van der Waals surface area contributed by atoms with Gasteiger partial charge in [0, 0.05) is 12.6 Å². The fourth-order valence-corrected chi connectivity index (χ4v) is 3.44. The van der Waals surface area contributed by atoms with Crippen molar-refractivity contribution in [2.45, 2.75) is 25.3 Å². The van der Waals surface area contributed by atoms with Crippen molar-refractivity contribution in [3.63, 3.8) is 0 Å². The molecule has 6 heteroatoms. The van der Waals surface area contributed by atoms with Crippen LogP contribution in [0.25, 0.3) is 0 Å². The van der Waals surface area contributed by atoms with Gasteiger partial charge in [-0.15, -0.1) is 0 Å². The Morgan fingerprint density at radius 3 is 2.56 bits per heavy atom. The molecule has 2 aromatic rings. The molecule has 0 bridgehead atoms. The molecule has 0 radical (unpaired) electrons. The first kappa shape index (κ1) is 19.2.